The van der Waals surface area contributed by atoms with Crippen LogP contribution in [0.15, 0.2) is 12.2 Å². The Morgan fingerprint density at radius 3 is 2.90 bits per heavy atom. The summed E-state index contributed by atoms with van der Waals surface area (Å²) in [5.41, 5.74) is 1.01. The topological polar surface area (TPSA) is 9.23 Å². The summed E-state index contributed by atoms with van der Waals surface area (Å²) < 4.78 is 17.8. The average Bonchev–Trinajstić information content (AvgIpc) is 1.88. The fourth-order valence-corrected chi connectivity index (χ4v) is 1.30. The molecule has 0 spiro atoms. The zero-order valence-electron chi connectivity index (χ0n) is 6.27. The van der Waals surface area contributed by atoms with Gasteiger partial charge in [-0.2, -0.15) is 0 Å². The molecule has 0 heterocycles. The predicted octanol–water partition coefficient (Wildman–Crippen LogP) is 2.08. The monoisotopic (exact) mass is 144 g/mol. The van der Waals surface area contributed by atoms with Crippen molar-refractivity contribution in [2.45, 2.75) is 31.5 Å². The molecule has 0 saturated heterocycles. The van der Waals surface area contributed by atoms with Crippen LogP contribution < -0.4 is 0 Å². The summed E-state index contributed by atoms with van der Waals surface area (Å²) in [6, 6.07) is 0. The molecule has 2 atom stereocenters. The minimum absolute atomic E-state index is 0.189. The lowest BCUT2D eigenvalue weighted by atomic mass is 9.92. The van der Waals surface area contributed by atoms with E-state index in [0.29, 0.717) is 6.42 Å². The molecule has 0 aromatic carbocycles. The molecule has 58 valence electrons. The molecular weight excluding hydrogens is 131 g/mol. The van der Waals surface area contributed by atoms with Crippen LogP contribution in [0.4, 0.5) is 4.39 Å². The van der Waals surface area contributed by atoms with Crippen molar-refractivity contribution in [2.24, 2.45) is 0 Å². The first-order valence-electron chi connectivity index (χ1n) is 3.57. The van der Waals surface area contributed by atoms with Crippen molar-refractivity contribution >= 4 is 0 Å². The van der Waals surface area contributed by atoms with Gasteiger partial charge in [0, 0.05) is 13.5 Å². The Kier molecular flexibility index (Phi) is 2.44. The number of hydrogen-bond donors (Lipinski definition) is 0. The Morgan fingerprint density at radius 2 is 2.40 bits per heavy atom. The Labute approximate surface area is 60.9 Å². The second-order valence-electron chi connectivity index (χ2n) is 2.78. The van der Waals surface area contributed by atoms with Crippen LogP contribution in [0.1, 0.15) is 19.3 Å². The Hall–Kier alpha value is -0.370. The highest BCUT2D eigenvalue weighted by molar-refractivity contribution is 5.02. The molecular formula is C8H13FO. The molecule has 0 aromatic heterocycles. The van der Waals surface area contributed by atoms with E-state index in [9.17, 15) is 4.39 Å². The molecule has 1 aliphatic carbocycles. The van der Waals surface area contributed by atoms with Crippen LogP contribution in [0, 0.1) is 0 Å². The first-order valence-corrected chi connectivity index (χ1v) is 3.57. The van der Waals surface area contributed by atoms with Crippen molar-refractivity contribution in [3.63, 3.8) is 0 Å². The normalized spacial score (nSPS) is 34.4. The molecule has 1 nitrogen and oxygen atoms in total. The van der Waals surface area contributed by atoms with Crippen LogP contribution in [0.25, 0.3) is 0 Å². The molecule has 2 heteroatoms. The first-order chi connectivity index (χ1) is 4.74. The predicted molar refractivity (Wildman–Crippen MR) is 38.7 cm³/mol. The maximum atomic E-state index is 12.9. The van der Waals surface area contributed by atoms with Gasteiger partial charge in [0.25, 0.3) is 0 Å². The minimum atomic E-state index is -0.828. The van der Waals surface area contributed by atoms with E-state index in [1.54, 1.807) is 7.11 Å². The maximum Gasteiger partial charge on any atom is 0.130 e. The van der Waals surface area contributed by atoms with Gasteiger partial charge < -0.3 is 4.74 Å². The van der Waals surface area contributed by atoms with Crippen LogP contribution in [0.3, 0.4) is 0 Å². The molecule has 0 bridgehead atoms. The highest BCUT2D eigenvalue weighted by atomic mass is 19.1. The number of ether oxygens (including phenoxy) is 1. The summed E-state index contributed by atoms with van der Waals surface area (Å²) in [5.74, 6) is 0. The highest BCUT2D eigenvalue weighted by Gasteiger charge is 2.25. The van der Waals surface area contributed by atoms with E-state index in [4.69, 9.17) is 4.74 Å². The van der Waals surface area contributed by atoms with Gasteiger partial charge in [0.2, 0.25) is 0 Å². The minimum Gasteiger partial charge on any atom is -0.378 e. The molecule has 2 unspecified atom stereocenters. The second-order valence-corrected chi connectivity index (χ2v) is 2.78. The Morgan fingerprint density at radius 1 is 1.70 bits per heavy atom. The number of allylic oxidation sites excluding steroid dienone is 1. The van der Waals surface area contributed by atoms with Crippen LogP contribution in [-0.4, -0.2) is 19.4 Å². The first kappa shape index (κ1) is 7.73. The summed E-state index contributed by atoms with van der Waals surface area (Å²) >= 11 is 0. The lowest BCUT2D eigenvalue weighted by Gasteiger charge is -2.25. The number of halogens is 1. The molecule has 0 aliphatic heterocycles. The van der Waals surface area contributed by atoms with E-state index in [-0.39, 0.29) is 6.10 Å². The van der Waals surface area contributed by atoms with E-state index in [1.807, 2.05) is 0 Å². The van der Waals surface area contributed by atoms with Gasteiger partial charge in [-0.3, -0.25) is 0 Å². The molecule has 1 fully saturated rings. The van der Waals surface area contributed by atoms with Crippen molar-refractivity contribution < 1.29 is 9.13 Å². The van der Waals surface area contributed by atoms with Gasteiger partial charge in [0.15, 0.2) is 0 Å². The third-order valence-electron chi connectivity index (χ3n) is 1.97. The second kappa shape index (κ2) is 3.15. The number of methoxy groups -OCH3 is 1. The fourth-order valence-electron chi connectivity index (χ4n) is 1.30. The third kappa shape index (κ3) is 1.57. The van der Waals surface area contributed by atoms with Crippen molar-refractivity contribution in [3.05, 3.63) is 12.2 Å². The molecule has 1 rings (SSSR count). The molecule has 0 radical (unpaired) electrons. The van der Waals surface area contributed by atoms with Gasteiger partial charge >= 0.3 is 0 Å². The van der Waals surface area contributed by atoms with Crippen LogP contribution in [0.2, 0.25) is 0 Å². The van der Waals surface area contributed by atoms with Gasteiger partial charge in [-0.15, -0.1) is 0 Å². The molecule has 0 amide bonds. The van der Waals surface area contributed by atoms with E-state index in [1.165, 1.54) is 0 Å². The summed E-state index contributed by atoms with van der Waals surface area (Å²) in [6.45, 7) is 3.74. The lowest BCUT2D eigenvalue weighted by Crippen LogP contribution is -2.28. The highest BCUT2D eigenvalue weighted by Crippen LogP contribution is 2.26. The van der Waals surface area contributed by atoms with Crippen LogP contribution >= 0.6 is 0 Å². The smallest absolute Gasteiger partial charge is 0.130 e. The largest absolute Gasteiger partial charge is 0.378 e. The Bertz CT molecular complexity index is 133. The average molecular weight is 144 g/mol. The van der Waals surface area contributed by atoms with E-state index in [2.05, 4.69) is 6.58 Å². The van der Waals surface area contributed by atoms with Gasteiger partial charge in [-0.25, -0.2) is 4.39 Å². The van der Waals surface area contributed by atoms with E-state index < -0.39 is 6.17 Å². The maximum absolute atomic E-state index is 12.9. The zero-order valence-corrected chi connectivity index (χ0v) is 6.27. The molecule has 1 aliphatic rings. The zero-order chi connectivity index (χ0) is 7.56. The van der Waals surface area contributed by atoms with E-state index >= 15 is 0 Å². The molecule has 0 N–H and O–H groups in total. The third-order valence-corrected chi connectivity index (χ3v) is 1.97. The molecule has 0 aromatic rings. The van der Waals surface area contributed by atoms with E-state index in [0.717, 1.165) is 18.4 Å². The number of rotatable bonds is 1. The fraction of sp³-hybridized carbons (Fsp3) is 0.750. The van der Waals surface area contributed by atoms with Crippen LogP contribution in [-0.2, 0) is 4.74 Å². The van der Waals surface area contributed by atoms with Crippen LogP contribution in [0.5, 0.6) is 0 Å². The molecule has 1 saturated carbocycles. The van der Waals surface area contributed by atoms with Gasteiger partial charge in [0.1, 0.15) is 6.17 Å². The standard InChI is InChI=1S/C8H13FO/c1-6-3-4-8(10-2)7(9)5-6/h7-8H,1,3-5H2,2H3. The number of hydrogen-bond acceptors (Lipinski definition) is 1. The quantitative estimate of drug-likeness (QED) is 0.512. The SMILES string of the molecule is C=C1CCC(OC)C(F)C1. The van der Waals surface area contributed by atoms with Crippen molar-refractivity contribution in [1.82, 2.24) is 0 Å². The Balaban J connectivity index is 2.43. The number of alkyl halides is 1. The summed E-state index contributed by atoms with van der Waals surface area (Å²) in [4.78, 5) is 0. The molecule has 10 heavy (non-hydrogen) atoms. The van der Waals surface area contributed by atoms with Gasteiger partial charge in [0.05, 0.1) is 6.10 Å². The van der Waals surface area contributed by atoms with Gasteiger partial charge in [-0.05, 0) is 12.8 Å². The van der Waals surface area contributed by atoms with Crippen molar-refractivity contribution in [3.8, 4) is 0 Å². The van der Waals surface area contributed by atoms with Crippen molar-refractivity contribution in [1.29, 1.82) is 0 Å². The summed E-state index contributed by atoms with van der Waals surface area (Å²) in [6.07, 6.45) is 1.17. The summed E-state index contributed by atoms with van der Waals surface area (Å²) in [5, 5.41) is 0. The van der Waals surface area contributed by atoms with Gasteiger partial charge in [-0.1, -0.05) is 12.2 Å². The van der Waals surface area contributed by atoms with Crippen molar-refractivity contribution in [2.75, 3.05) is 7.11 Å². The lowest BCUT2D eigenvalue weighted by molar-refractivity contribution is 0.0169. The summed E-state index contributed by atoms with van der Waals surface area (Å²) in [7, 11) is 1.56.